The lowest BCUT2D eigenvalue weighted by Crippen LogP contribution is -2.10. The molecule has 0 radical (unpaired) electrons. The lowest BCUT2D eigenvalue weighted by atomic mass is 10.1. The maximum atomic E-state index is 13.9. The fraction of sp³-hybridized carbons (Fsp3) is 0.211. The van der Waals surface area contributed by atoms with Crippen molar-refractivity contribution in [3.8, 4) is 21.7 Å². The number of hydrogen-bond donors (Lipinski definition) is 1. The van der Waals surface area contributed by atoms with Gasteiger partial charge in [0.2, 0.25) is 5.91 Å². The third kappa shape index (κ3) is 4.48. The first-order valence-corrected chi connectivity index (χ1v) is 9.38. The van der Waals surface area contributed by atoms with E-state index < -0.39 is 5.92 Å². The molecule has 4 nitrogen and oxygen atoms in total. The Bertz CT molecular complexity index is 985. The smallest absolute Gasteiger partial charge is 0.296 e. The molecule has 0 bridgehead atoms. The molecule has 3 rings (SSSR count). The largest absolute Gasteiger partial charge is 0.311 e. The number of carbonyl (C=O) groups excluding carboxylic acids is 1. The zero-order chi connectivity index (χ0) is 19.6. The van der Waals surface area contributed by atoms with E-state index in [1.807, 2.05) is 0 Å². The van der Waals surface area contributed by atoms with Gasteiger partial charge in [0.1, 0.15) is 5.82 Å². The van der Waals surface area contributed by atoms with E-state index in [1.54, 1.807) is 43.3 Å². The SMILES string of the molecule is CCC(=O)Nc1cc(-c2sc(C(C)(F)F)nc2-c2cccc(Cl)c2)ccn1. The summed E-state index contributed by atoms with van der Waals surface area (Å²) in [5.74, 6) is -2.89. The minimum absolute atomic E-state index is 0.181. The second kappa shape index (κ2) is 7.70. The van der Waals surface area contributed by atoms with Crippen molar-refractivity contribution < 1.29 is 13.6 Å². The number of pyridine rings is 1. The van der Waals surface area contributed by atoms with Crippen LogP contribution in [0.4, 0.5) is 14.6 Å². The summed E-state index contributed by atoms with van der Waals surface area (Å²) in [4.78, 5) is 20.5. The average molecular weight is 408 g/mol. The van der Waals surface area contributed by atoms with E-state index in [2.05, 4.69) is 15.3 Å². The number of nitrogens with zero attached hydrogens (tertiary/aromatic N) is 2. The van der Waals surface area contributed by atoms with Crippen LogP contribution >= 0.6 is 22.9 Å². The highest BCUT2D eigenvalue weighted by atomic mass is 35.5. The first-order valence-electron chi connectivity index (χ1n) is 8.19. The van der Waals surface area contributed by atoms with Crippen LogP contribution in [-0.4, -0.2) is 15.9 Å². The summed E-state index contributed by atoms with van der Waals surface area (Å²) >= 11 is 6.97. The first-order chi connectivity index (χ1) is 12.8. The van der Waals surface area contributed by atoms with Gasteiger partial charge in [0.05, 0.1) is 10.6 Å². The van der Waals surface area contributed by atoms with Crippen molar-refractivity contribution in [3.05, 3.63) is 52.6 Å². The Kier molecular flexibility index (Phi) is 5.53. The van der Waals surface area contributed by atoms with E-state index >= 15 is 0 Å². The van der Waals surface area contributed by atoms with Gasteiger partial charge >= 0.3 is 0 Å². The van der Waals surface area contributed by atoms with Crippen LogP contribution in [0.15, 0.2) is 42.6 Å². The molecule has 3 aromatic rings. The predicted molar refractivity (Wildman–Crippen MR) is 104 cm³/mol. The summed E-state index contributed by atoms with van der Waals surface area (Å²) < 4.78 is 27.8. The van der Waals surface area contributed by atoms with Crippen LogP contribution in [0.25, 0.3) is 21.7 Å². The highest BCUT2D eigenvalue weighted by Crippen LogP contribution is 2.42. The van der Waals surface area contributed by atoms with Crippen LogP contribution in [0, 0.1) is 0 Å². The monoisotopic (exact) mass is 407 g/mol. The molecule has 0 aliphatic rings. The molecule has 1 amide bonds. The van der Waals surface area contributed by atoms with Gasteiger partial charge in [0.15, 0.2) is 5.01 Å². The molecular formula is C19H16ClF2N3OS. The fourth-order valence-corrected chi connectivity index (χ4v) is 3.61. The number of carbonyl (C=O) groups is 1. The van der Waals surface area contributed by atoms with E-state index in [4.69, 9.17) is 11.6 Å². The molecule has 1 aromatic carbocycles. The lowest BCUT2D eigenvalue weighted by molar-refractivity contribution is -0.115. The number of anilines is 1. The van der Waals surface area contributed by atoms with Crippen molar-refractivity contribution in [1.29, 1.82) is 0 Å². The topological polar surface area (TPSA) is 54.9 Å². The quantitative estimate of drug-likeness (QED) is 0.565. The van der Waals surface area contributed by atoms with Gasteiger partial charge in [0, 0.05) is 30.1 Å². The minimum atomic E-state index is -3.07. The van der Waals surface area contributed by atoms with Gasteiger partial charge < -0.3 is 5.32 Å². The Balaban J connectivity index is 2.13. The van der Waals surface area contributed by atoms with Gasteiger partial charge in [-0.3, -0.25) is 4.79 Å². The third-order valence-corrected chi connectivity index (χ3v) is 5.22. The standard InChI is InChI=1S/C19H16ClF2N3OS/c1-3-15(26)24-14-10-12(7-8-23-14)17-16(11-5-4-6-13(20)9-11)25-18(27-17)19(2,21)22/h4-10H,3H2,1-2H3,(H,23,24,26). The zero-order valence-electron chi connectivity index (χ0n) is 14.6. The Morgan fingerprint density at radius 1 is 1.26 bits per heavy atom. The van der Waals surface area contributed by atoms with Crippen LogP contribution in [-0.2, 0) is 10.7 Å². The lowest BCUT2D eigenvalue weighted by Gasteiger charge is -2.06. The second-order valence-corrected chi connectivity index (χ2v) is 7.36. The number of benzene rings is 1. The molecule has 0 saturated carbocycles. The summed E-state index contributed by atoms with van der Waals surface area (Å²) in [6.07, 6.45) is 1.83. The molecule has 0 fully saturated rings. The van der Waals surface area contributed by atoms with E-state index in [9.17, 15) is 13.6 Å². The van der Waals surface area contributed by atoms with Crippen molar-refractivity contribution >= 4 is 34.7 Å². The summed E-state index contributed by atoms with van der Waals surface area (Å²) in [7, 11) is 0. The van der Waals surface area contributed by atoms with Crippen molar-refractivity contribution in [2.75, 3.05) is 5.32 Å². The normalized spacial score (nSPS) is 11.4. The van der Waals surface area contributed by atoms with Crippen LogP contribution < -0.4 is 5.32 Å². The Morgan fingerprint density at radius 2 is 2.04 bits per heavy atom. The summed E-state index contributed by atoms with van der Waals surface area (Å²) in [5, 5.41) is 2.87. The van der Waals surface area contributed by atoms with Gasteiger partial charge in [0.25, 0.3) is 5.92 Å². The molecule has 140 valence electrons. The number of thiazole rings is 1. The number of aromatic nitrogens is 2. The van der Waals surface area contributed by atoms with Crippen LogP contribution in [0.2, 0.25) is 5.02 Å². The van der Waals surface area contributed by atoms with E-state index in [-0.39, 0.29) is 10.9 Å². The van der Waals surface area contributed by atoms with Gasteiger partial charge in [-0.1, -0.05) is 30.7 Å². The molecule has 2 heterocycles. The molecular weight excluding hydrogens is 392 g/mol. The highest BCUT2D eigenvalue weighted by molar-refractivity contribution is 7.15. The molecule has 0 saturated heterocycles. The highest BCUT2D eigenvalue weighted by Gasteiger charge is 2.31. The average Bonchev–Trinajstić information content (AvgIpc) is 3.07. The van der Waals surface area contributed by atoms with Crippen molar-refractivity contribution in [1.82, 2.24) is 9.97 Å². The van der Waals surface area contributed by atoms with Gasteiger partial charge in [-0.2, -0.15) is 8.78 Å². The molecule has 0 atom stereocenters. The number of hydrogen-bond acceptors (Lipinski definition) is 4. The molecule has 0 aliphatic heterocycles. The van der Waals surface area contributed by atoms with Crippen LogP contribution in [0.3, 0.4) is 0 Å². The van der Waals surface area contributed by atoms with Crippen molar-refractivity contribution in [2.45, 2.75) is 26.2 Å². The van der Waals surface area contributed by atoms with Crippen molar-refractivity contribution in [2.24, 2.45) is 0 Å². The summed E-state index contributed by atoms with van der Waals surface area (Å²) in [6.45, 7) is 2.55. The minimum Gasteiger partial charge on any atom is -0.311 e. The number of halogens is 3. The summed E-state index contributed by atoms with van der Waals surface area (Å²) in [5.41, 5.74) is 1.69. The maximum Gasteiger partial charge on any atom is 0.296 e. The predicted octanol–water partition coefficient (Wildman–Crippen LogP) is 5.99. The maximum absolute atomic E-state index is 13.9. The van der Waals surface area contributed by atoms with Gasteiger partial charge in [-0.15, -0.1) is 11.3 Å². The molecule has 1 N–H and O–H groups in total. The molecule has 8 heteroatoms. The zero-order valence-corrected chi connectivity index (χ0v) is 16.2. The number of amides is 1. The fourth-order valence-electron chi connectivity index (χ4n) is 2.41. The van der Waals surface area contributed by atoms with Crippen LogP contribution in [0.5, 0.6) is 0 Å². The first kappa shape index (κ1) is 19.4. The Labute approximate surface area is 164 Å². The molecule has 0 spiro atoms. The van der Waals surface area contributed by atoms with E-state index in [1.165, 1.54) is 6.20 Å². The van der Waals surface area contributed by atoms with Gasteiger partial charge in [-0.25, -0.2) is 9.97 Å². The van der Waals surface area contributed by atoms with Crippen molar-refractivity contribution in [3.63, 3.8) is 0 Å². The number of alkyl halides is 2. The molecule has 2 aromatic heterocycles. The van der Waals surface area contributed by atoms with E-state index in [0.717, 1.165) is 18.3 Å². The Hall–Kier alpha value is -2.38. The van der Waals surface area contributed by atoms with E-state index in [0.29, 0.717) is 39.0 Å². The number of rotatable bonds is 5. The van der Waals surface area contributed by atoms with Crippen LogP contribution in [0.1, 0.15) is 25.3 Å². The summed E-state index contributed by atoms with van der Waals surface area (Å²) in [6, 6.07) is 10.2. The molecule has 0 aliphatic carbocycles. The second-order valence-electron chi connectivity index (χ2n) is 5.93. The number of nitrogens with one attached hydrogen (secondary N) is 1. The Morgan fingerprint density at radius 3 is 2.70 bits per heavy atom. The molecule has 0 unspecified atom stereocenters. The molecule has 27 heavy (non-hydrogen) atoms. The van der Waals surface area contributed by atoms with Gasteiger partial charge in [-0.05, 0) is 29.8 Å². The third-order valence-electron chi connectivity index (χ3n) is 3.71.